The zero-order chi connectivity index (χ0) is 19.6. The molecule has 0 radical (unpaired) electrons. The van der Waals surface area contributed by atoms with E-state index in [9.17, 15) is 25.1 Å². The van der Waals surface area contributed by atoms with E-state index in [0.717, 1.165) is 16.8 Å². The number of hydrogen-bond donors (Lipinski definition) is 2. The van der Waals surface area contributed by atoms with Crippen molar-refractivity contribution in [2.45, 2.75) is 0 Å². The fourth-order valence-corrected chi connectivity index (χ4v) is 3.40. The molecule has 0 unspecified atom stereocenters. The lowest BCUT2D eigenvalue weighted by molar-refractivity contribution is -0.385. The van der Waals surface area contributed by atoms with Gasteiger partial charge in [0.05, 0.1) is 21.6 Å². The third-order valence-electron chi connectivity index (χ3n) is 3.52. The van der Waals surface area contributed by atoms with Gasteiger partial charge in [0.2, 0.25) is 0 Å². The van der Waals surface area contributed by atoms with Crippen LogP contribution in [0.25, 0.3) is 6.08 Å². The predicted octanol–water partition coefficient (Wildman–Crippen LogP) is 3.24. The van der Waals surface area contributed by atoms with Gasteiger partial charge < -0.3 is 10.2 Å². The van der Waals surface area contributed by atoms with Crippen molar-refractivity contribution in [2.75, 3.05) is 0 Å². The van der Waals surface area contributed by atoms with Gasteiger partial charge in [0.1, 0.15) is 0 Å². The summed E-state index contributed by atoms with van der Waals surface area (Å²) in [6, 6.07) is 10.1. The number of nitro groups is 1. The molecule has 0 spiro atoms. The molecule has 0 saturated carbocycles. The van der Waals surface area contributed by atoms with Crippen LogP contribution in [-0.2, 0) is 4.79 Å². The zero-order valence-electron chi connectivity index (χ0n) is 13.5. The van der Waals surface area contributed by atoms with E-state index in [1.54, 1.807) is 6.07 Å². The maximum atomic E-state index is 12.5. The first-order valence-electron chi connectivity index (χ1n) is 7.44. The third kappa shape index (κ3) is 3.96. The SMILES string of the molecule is O=C1/C(=C\c2ccc(O)c(O)c2)SC(=S)N1/N=C/c1ccccc1[N+](=O)[O-]. The van der Waals surface area contributed by atoms with Crippen molar-refractivity contribution in [3.63, 3.8) is 0 Å². The standard InChI is InChI=1S/C17H11N3O5S2/c21-13-6-5-10(7-14(13)22)8-15-16(23)19(17(26)27-15)18-9-11-3-1-2-4-12(11)20(24)25/h1-9,21-22H/b15-8+,18-9+. The van der Waals surface area contributed by atoms with Gasteiger partial charge in [-0.2, -0.15) is 10.1 Å². The summed E-state index contributed by atoms with van der Waals surface area (Å²) in [7, 11) is 0. The van der Waals surface area contributed by atoms with E-state index in [1.165, 1.54) is 48.7 Å². The number of amides is 1. The molecule has 136 valence electrons. The van der Waals surface area contributed by atoms with Gasteiger partial charge in [-0.05, 0) is 42.1 Å². The quantitative estimate of drug-likeness (QED) is 0.202. The van der Waals surface area contributed by atoms with Crippen molar-refractivity contribution < 1.29 is 19.9 Å². The molecule has 10 heteroatoms. The molecular weight excluding hydrogens is 390 g/mol. The summed E-state index contributed by atoms with van der Waals surface area (Å²) in [4.78, 5) is 23.3. The minimum Gasteiger partial charge on any atom is -0.504 e. The first-order valence-corrected chi connectivity index (χ1v) is 8.66. The lowest BCUT2D eigenvalue weighted by Gasteiger charge is -2.06. The molecule has 2 N–H and O–H groups in total. The maximum Gasteiger partial charge on any atom is 0.286 e. The molecule has 1 aliphatic heterocycles. The van der Waals surface area contributed by atoms with Crippen LogP contribution in [0.1, 0.15) is 11.1 Å². The van der Waals surface area contributed by atoms with Crippen LogP contribution in [0.3, 0.4) is 0 Å². The number of nitro benzene ring substituents is 1. The van der Waals surface area contributed by atoms with Crippen molar-refractivity contribution >= 4 is 52.2 Å². The molecule has 0 aliphatic carbocycles. The fourth-order valence-electron chi connectivity index (χ4n) is 2.22. The molecule has 2 aromatic carbocycles. The van der Waals surface area contributed by atoms with Crippen LogP contribution < -0.4 is 0 Å². The van der Waals surface area contributed by atoms with Crippen molar-refractivity contribution in [1.82, 2.24) is 5.01 Å². The Labute approximate surface area is 162 Å². The Kier molecular flexibility index (Phi) is 5.19. The summed E-state index contributed by atoms with van der Waals surface area (Å²) in [5, 5.41) is 34.9. The number of hydrazone groups is 1. The van der Waals surface area contributed by atoms with E-state index < -0.39 is 10.8 Å². The van der Waals surface area contributed by atoms with Gasteiger partial charge in [-0.15, -0.1) is 0 Å². The molecular formula is C17H11N3O5S2. The summed E-state index contributed by atoms with van der Waals surface area (Å²) in [6.45, 7) is 0. The molecule has 1 amide bonds. The summed E-state index contributed by atoms with van der Waals surface area (Å²) < 4.78 is 0.170. The lowest BCUT2D eigenvalue weighted by atomic mass is 10.2. The number of aromatic hydroxyl groups is 2. The third-order valence-corrected chi connectivity index (χ3v) is 4.80. The summed E-state index contributed by atoms with van der Waals surface area (Å²) >= 11 is 6.16. The predicted molar refractivity (Wildman–Crippen MR) is 105 cm³/mol. The van der Waals surface area contributed by atoms with Crippen molar-refractivity contribution in [3.05, 3.63) is 68.6 Å². The molecule has 27 heavy (non-hydrogen) atoms. The Morgan fingerprint density at radius 2 is 1.93 bits per heavy atom. The lowest BCUT2D eigenvalue weighted by Crippen LogP contribution is -2.22. The van der Waals surface area contributed by atoms with Crippen molar-refractivity contribution in [1.29, 1.82) is 0 Å². The van der Waals surface area contributed by atoms with Gasteiger partial charge in [-0.25, -0.2) is 0 Å². The number of phenols is 2. The molecule has 8 nitrogen and oxygen atoms in total. The number of hydrogen-bond acceptors (Lipinski definition) is 8. The number of thiocarbonyl (C=S) groups is 1. The first kappa shape index (κ1) is 18.5. The topological polar surface area (TPSA) is 116 Å². The van der Waals surface area contributed by atoms with E-state index >= 15 is 0 Å². The molecule has 1 heterocycles. The van der Waals surface area contributed by atoms with Crippen LogP contribution in [0.2, 0.25) is 0 Å². The minimum atomic E-state index is -0.539. The normalized spacial score (nSPS) is 15.9. The second-order valence-electron chi connectivity index (χ2n) is 5.30. The monoisotopic (exact) mass is 401 g/mol. The van der Waals surface area contributed by atoms with Gasteiger partial charge in [-0.1, -0.05) is 30.0 Å². The van der Waals surface area contributed by atoms with E-state index in [0.29, 0.717) is 5.56 Å². The van der Waals surface area contributed by atoms with Crippen molar-refractivity contribution in [3.8, 4) is 11.5 Å². The average Bonchev–Trinajstić information content (AvgIpc) is 2.90. The Hall–Kier alpha value is -3.24. The fraction of sp³-hybridized carbons (Fsp3) is 0. The Balaban J connectivity index is 1.85. The number of benzene rings is 2. The molecule has 0 bridgehead atoms. The highest BCUT2D eigenvalue weighted by atomic mass is 32.2. The van der Waals surface area contributed by atoms with Crippen LogP contribution in [0.5, 0.6) is 11.5 Å². The van der Waals surface area contributed by atoms with Crippen LogP contribution in [-0.4, -0.2) is 36.6 Å². The van der Waals surface area contributed by atoms with E-state index in [2.05, 4.69) is 5.10 Å². The zero-order valence-corrected chi connectivity index (χ0v) is 15.1. The van der Waals surface area contributed by atoms with Crippen molar-refractivity contribution in [2.24, 2.45) is 5.10 Å². The number of thioether (sulfide) groups is 1. The van der Waals surface area contributed by atoms with Gasteiger partial charge >= 0.3 is 0 Å². The number of rotatable bonds is 4. The summed E-state index contributed by atoms with van der Waals surface area (Å²) in [5.41, 5.74) is 0.597. The smallest absolute Gasteiger partial charge is 0.286 e. The highest BCUT2D eigenvalue weighted by Gasteiger charge is 2.32. The van der Waals surface area contributed by atoms with Gasteiger partial charge in [0.15, 0.2) is 15.8 Å². The van der Waals surface area contributed by atoms with Gasteiger partial charge in [0, 0.05) is 6.07 Å². The number of carbonyl (C=O) groups excluding carboxylic acids is 1. The molecule has 1 saturated heterocycles. The Morgan fingerprint density at radius 1 is 1.19 bits per heavy atom. The molecule has 1 aliphatic rings. The minimum absolute atomic E-state index is 0.137. The number of phenolic OH excluding ortho intramolecular Hbond substituents is 2. The van der Waals surface area contributed by atoms with Gasteiger partial charge in [-0.3, -0.25) is 14.9 Å². The number of nitrogens with zero attached hydrogens (tertiary/aromatic N) is 3. The van der Waals surface area contributed by atoms with E-state index in [-0.39, 0.29) is 32.0 Å². The van der Waals surface area contributed by atoms with Crippen LogP contribution in [0.4, 0.5) is 5.69 Å². The molecule has 3 rings (SSSR count). The van der Waals surface area contributed by atoms with Crippen LogP contribution in [0.15, 0.2) is 52.5 Å². The molecule has 0 aromatic heterocycles. The van der Waals surface area contributed by atoms with Gasteiger partial charge in [0.25, 0.3) is 11.6 Å². The summed E-state index contributed by atoms with van der Waals surface area (Å²) in [5.74, 6) is -1.07. The number of para-hydroxylation sites is 1. The summed E-state index contributed by atoms with van der Waals surface area (Å²) in [6.07, 6.45) is 2.71. The van der Waals surface area contributed by atoms with E-state index in [4.69, 9.17) is 12.2 Å². The first-order chi connectivity index (χ1) is 12.9. The highest BCUT2D eigenvalue weighted by molar-refractivity contribution is 8.26. The molecule has 2 aromatic rings. The second-order valence-corrected chi connectivity index (χ2v) is 6.98. The van der Waals surface area contributed by atoms with E-state index in [1.807, 2.05) is 0 Å². The highest BCUT2D eigenvalue weighted by Crippen LogP contribution is 2.34. The van der Waals surface area contributed by atoms with Crippen LogP contribution in [0, 0.1) is 10.1 Å². The Morgan fingerprint density at radius 3 is 2.63 bits per heavy atom. The second kappa shape index (κ2) is 7.56. The average molecular weight is 401 g/mol. The molecule has 1 fully saturated rings. The molecule has 0 atom stereocenters. The Bertz CT molecular complexity index is 1020. The van der Waals surface area contributed by atoms with Crippen LogP contribution >= 0.6 is 24.0 Å². The maximum absolute atomic E-state index is 12.5. The largest absolute Gasteiger partial charge is 0.504 e. The number of carbonyl (C=O) groups is 1.